The molecule has 1 aliphatic rings. The van der Waals surface area contributed by atoms with E-state index in [2.05, 4.69) is 21.5 Å². The largest absolute Gasteiger partial charge is 0.364 e. The lowest BCUT2D eigenvalue weighted by Gasteiger charge is -2.24. The van der Waals surface area contributed by atoms with Gasteiger partial charge < -0.3 is 11.1 Å². The molecule has 0 radical (unpaired) electrons. The van der Waals surface area contributed by atoms with Gasteiger partial charge in [-0.3, -0.25) is 4.79 Å². The summed E-state index contributed by atoms with van der Waals surface area (Å²) in [6.45, 7) is 0.985. The van der Waals surface area contributed by atoms with Crippen LogP contribution in [0.4, 0.5) is 0 Å². The van der Waals surface area contributed by atoms with E-state index in [-0.39, 0.29) is 11.7 Å². The molecule has 3 aromatic rings. The summed E-state index contributed by atoms with van der Waals surface area (Å²) in [6, 6.07) is 13.9. The summed E-state index contributed by atoms with van der Waals surface area (Å²) in [7, 11) is 0. The molecule has 0 saturated carbocycles. The number of aromatic nitrogens is 3. The highest BCUT2D eigenvalue weighted by molar-refractivity contribution is 5.91. The number of benzene rings is 1. The zero-order chi connectivity index (χ0) is 16.5. The number of nitrogens with two attached hydrogens (primary N) is 1. The number of fused-ring (bicyclic) bond motifs is 1. The highest BCUT2D eigenvalue weighted by Crippen LogP contribution is 2.27. The second kappa shape index (κ2) is 6.05. The standard InChI is InChI=1S/C18H19N5O/c19-18(24)15-11-17-21-14(12-6-2-1-3-7-12)10-16(23(17)22-15)13-8-4-5-9-20-13/h1-3,6-7,10-11,13,20H,4-5,8-9H2,(H2,19,24). The Labute approximate surface area is 139 Å². The van der Waals surface area contributed by atoms with Crippen LogP contribution in [0.1, 0.15) is 41.5 Å². The van der Waals surface area contributed by atoms with Crippen molar-refractivity contribution in [2.24, 2.45) is 5.73 Å². The van der Waals surface area contributed by atoms with Crippen LogP contribution in [0.25, 0.3) is 16.9 Å². The average molecular weight is 321 g/mol. The minimum atomic E-state index is -0.538. The maximum atomic E-state index is 11.5. The molecule has 0 bridgehead atoms. The van der Waals surface area contributed by atoms with E-state index < -0.39 is 5.91 Å². The van der Waals surface area contributed by atoms with Crippen LogP contribution in [0.3, 0.4) is 0 Å². The van der Waals surface area contributed by atoms with Gasteiger partial charge >= 0.3 is 0 Å². The van der Waals surface area contributed by atoms with Gasteiger partial charge in [-0.1, -0.05) is 36.8 Å². The lowest BCUT2D eigenvalue weighted by atomic mass is 10.0. The third kappa shape index (κ3) is 2.65. The summed E-state index contributed by atoms with van der Waals surface area (Å²) in [5, 5.41) is 7.90. The van der Waals surface area contributed by atoms with Crippen LogP contribution in [-0.2, 0) is 0 Å². The second-order valence-electron chi connectivity index (χ2n) is 6.10. The molecule has 1 amide bonds. The summed E-state index contributed by atoms with van der Waals surface area (Å²) in [5.74, 6) is -0.538. The van der Waals surface area contributed by atoms with Gasteiger partial charge in [-0.2, -0.15) is 5.10 Å². The van der Waals surface area contributed by atoms with Crippen molar-refractivity contribution in [1.29, 1.82) is 0 Å². The monoisotopic (exact) mass is 321 g/mol. The molecule has 0 spiro atoms. The number of amides is 1. The zero-order valence-corrected chi connectivity index (χ0v) is 13.3. The number of hydrogen-bond acceptors (Lipinski definition) is 4. The van der Waals surface area contributed by atoms with Gasteiger partial charge in [-0.05, 0) is 25.5 Å². The van der Waals surface area contributed by atoms with E-state index in [0.29, 0.717) is 5.65 Å². The maximum Gasteiger partial charge on any atom is 0.269 e. The summed E-state index contributed by atoms with van der Waals surface area (Å²) < 4.78 is 1.75. The molecule has 3 N–H and O–H groups in total. The van der Waals surface area contributed by atoms with Gasteiger partial charge in [0.2, 0.25) is 0 Å². The predicted molar refractivity (Wildman–Crippen MR) is 91.5 cm³/mol. The molecule has 6 heteroatoms. The molecule has 4 rings (SSSR count). The molecular weight excluding hydrogens is 302 g/mol. The van der Waals surface area contributed by atoms with E-state index >= 15 is 0 Å². The normalized spacial score (nSPS) is 17.9. The Kier molecular flexibility index (Phi) is 3.74. The number of nitrogens with one attached hydrogen (secondary N) is 1. The fraction of sp³-hybridized carbons (Fsp3) is 0.278. The van der Waals surface area contributed by atoms with Crippen molar-refractivity contribution in [3.05, 3.63) is 53.9 Å². The Morgan fingerprint density at radius 1 is 1.21 bits per heavy atom. The predicted octanol–water partition coefficient (Wildman–Crippen LogP) is 2.31. The first-order chi connectivity index (χ1) is 11.7. The van der Waals surface area contributed by atoms with Crippen molar-refractivity contribution >= 4 is 11.6 Å². The van der Waals surface area contributed by atoms with Gasteiger partial charge in [0, 0.05) is 17.7 Å². The molecule has 2 aromatic heterocycles. The van der Waals surface area contributed by atoms with Crippen molar-refractivity contribution in [3.8, 4) is 11.3 Å². The molecule has 1 saturated heterocycles. The molecule has 1 aromatic carbocycles. The number of piperidine rings is 1. The summed E-state index contributed by atoms with van der Waals surface area (Å²) >= 11 is 0. The van der Waals surface area contributed by atoms with Gasteiger partial charge in [0.1, 0.15) is 0 Å². The first-order valence-electron chi connectivity index (χ1n) is 8.22. The number of carbonyl (C=O) groups is 1. The molecular formula is C18H19N5O. The molecule has 0 aliphatic carbocycles. The molecule has 122 valence electrons. The fourth-order valence-corrected chi connectivity index (χ4v) is 3.23. The van der Waals surface area contributed by atoms with Crippen LogP contribution >= 0.6 is 0 Å². The first kappa shape index (κ1) is 14.8. The number of carbonyl (C=O) groups excluding carboxylic acids is 1. The lowest BCUT2D eigenvalue weighted by Crippen LogP contribution is -2.28. The van der Waals surface area contributed by atoms with Crippen LogP contribution < -0.4 is 11.1 Å². The minimum absolute atomic E-state index is 0.201. The molecule has 1 unspecified atom stereocenters. The fourth-order valence-electron chi connectivity index (χ4n) is 3.23. The van der Waals surface area contributed by atoms with Crippen LogP contribution in [0, 0.1) is 0 Å². The number of primary amides is 1. The Bertz CT molecular complexity index is 881. The van der Waals surface area contributed by atoms with E-state index in [4.69, 9.17) is 5.73 Å². The van der Waals surface area contributed by atoms with Gasteiger partial charge in [-0.15, -0.1) is 0 Å². The smallest absolute Gasteiger partial charge is 0.269 e. The molecule has 1 fully saturated rings. The van der Waals surface area contributed by atoms with E-state index in [9.17, 15) is 4.79 Å². The maximum absolute atomic E-state index is 11.5. The highest BCUT2D eigenvalue weighted by Gasteiger charge is 2.21. The van der Waals surface area contributed by atoms with Crippen molar-refractivity contribution < 1.29 is 4.79 Å². The minimum Gasteiger partial charge on any atom is -0.364 e. The number of hydrogen-bond donors (Lipinski definition) is 2. The number of nitrogens with zero attached hydrogens (tertiary/aromatic N) is 3. The molecule has 6 nitrogen and oxygen atoms in total. The summed E-state index contributed by atoms with van der Waals surface area (Å²) in [4.78, 5) is 16.2. The quantitative estimate of drug-likeness (QED) is 0.775. The van der Waals surface area contributed by atoms with Gasteiger partial charge in [-0.25, -0.2) is 9.50 Å². The van der Waals surface area contributed by atoms with Crippen LogP contribution in [0.2, 0.25) is 0 Å². The van der Waals surface area contributed by atoms with Crippen molar-refractivity contribution in [2.45, 2.75) is 25.3 Å². The highest BCUT2D eigenvalue weighted by atomic mass is 16.1. The van der Waals surface area contributed by atoms with E-state index in [1.54, 1.807) is 10.6 Å². The molecule has 3 heterocycles. The Balaban J connectivity index is 1.90. The van der Waals surface area contributed by atoms with Crippen molar-refractivity contribution in [3.63, 3.8) is 0 Å². The Hall–Kier alpha value is -2.73. The van der Waals surface area contributed by atoms with E-state index in [1.807, 2.05) is 30.3 Å². The number of rotatable bonds is 3. The molecule has 1 atom stereocenters. The second-order valence-corrected chi connectivity index (χ2v) is 6.10. The van der Waals surface area contributed by atoms with Crippen molar-refractivity contribution in [2.75, 3.05) is 6.54 Å². The van der Waals surface area contributed by atoms with Gasteiger partial charge in [0.15, 0.2) is 11.3 Å². The van der Waals surface area contributed by atoms with E-state index in [1.165, 1.54) is 12.8 Å². The van der Waals surface area contributed by atoms with Crippen molar-refractivity contribution in [1.82, 2.24) is 19.9 Å². The Morgan fingerprint density at radius 3 is 2.75 bits per heavy atom. The zero-order valence-electron chi connectivity index (χ0n) is 13.3. The van der Waals surface area contributed by atoms with Gasteiger partial charge in [0.25, 0.3) is 5.91 Å². The third-order valence-electron chi connectivity index (χ3n) is 4.44. The molecule has 1 aliphatic heterocycles. The third-order valence-corrected chi connectivity index (χ3v) is 4.44. The first-order valence-corrected chi connectivity index (χ1v) is 8.22. The van der Waals surface area contributed by atoms with Crippen LogP contribution in [-0.4, -0.2) is 27.0 Å². The van der Waals surface area contributed by atoms with E-state index in [0.717, 1.165) is 29.9 Å². The molecule has 24 heavy (non-hydrogen) atoms. The average Bonchev–Trinajstić information content (AvgIpc) is 3.07. The SMILES string of the molecule is NC(=O)c1cc2nc(-c3ccccc3)cc(C3CCCCN3)n2n1. The summed E-state index contributed by atoms with van der Waals surface area (Å²) in [6.07, 6.45) is 3.40. The van der Waals surface area contributed by atoms with Gasteiger partial charge in [0.05, 0.1) is 11.4 Å². The topological polar surface area (TPSA) is 85.3 Å². The summed E-state index contributed by atoms with van der Waals surface area (Å²) in [5.41, 5.74) is 9.22. The lowest BCUT2D eigenvalue weighted by molar-refractivity contribution is 0.0995. The van der Waals surface area contributed by atoms with Crippen LogP contribution in [0.5, 0.6) is 0 Å². The Morgan fingerprint density at radius 2 is 2.04 bits per heavy atom. The van der Waals surface area contributed by atoms with Crippen LogP contribution in [0.15, 0.2) is 42.5 Å².